The summed E-state index contributed by atoms with van der Waals surface area (Å²) in [7, 11) is 0. The Labute approximate surface area is 275 Å². The average molecular weight is 640 g/mol. The first-order valence-electron chi connectivity index (χ1n) is 15.6. The van der Waals surface area contributed by atoms with Crippen LogP contribution in [0, 0.1) is 22.0 Å². The predicted molar refractivity (Wildman–Crippen MR) is 180 cm³/mol. The van der Waals surface area contributed by atoms with Gasteiger partial charge in [0.25, 0.3) is 5.69 Å². The van der Waals surface area contributed by atoms with Gasteiger partial charge < -0.3 is 14.2 Å². The Morgan fingerprint density at radius 2 is 1.79 bits per heavy atom. The lowest BCUT2D eigenvalue weighted by Crippen LogP contribution is -2.36. The zero-order valence-corrected chi connectivity index (χ0v) is 27.5. The quantitative estimate of drug-likeness (QED) is 0.106. The van der Waals surface area contributed by atoms with Gasteiger partial charge in [-0.25, -0.2) is 4.79 Å². The molecule has 0 N–H and O–H groups in total. The molecule has 10 nitrogen and oxygen atoms in total. The summed E-state index contributed by atoms with van der Waals surface area (Å²) >= 11 is 0. The second kappa shape index (κ2) is 16.6. The number of non-ortho nitro benzene ring substituents is 1. The van der Waals surface area contributed by atoms with E-state index in [0.29, 0.717) is 30.2 Å². The molecule has 0 saturated heterocycles. The summed E-state index contributed by atoms with van der Waals surface area (Å²) in [5.74, 6) is -3.11. The molecule has 47 heavy (non-hydrogen) atoms. The summed E-state index contributed by atoms with van der Waals surface area (Å²) in [4.78, 5) is 46.3. The van der Waals surface area contributed by atoms with Gasteiger partial charge in [0.1, 0.15) is 5.92 Å². The van der Waals surface area contributed by atoms with Gasteiger partial charge in [0.15, 0.2) is 0 Å². The van der Waals surface area contributed by atoms with Crippen molar-refractivity contribution in [2.24, 2.45) is 16.8 Å². The summed E-state index contributed by atoms with van der Waals surface area (Å²) in [5, 5.41) is 11.5. The molecule has 3 unspecified atom stereocenters. The van der Waals surface area contributed by atoms with Crippen LogP contribution < -0.4 is 0 Å². The molecule has 0 bridgehead atoms. The van der Waals surface area contributed by atoms with Gasteiger partial charge >= 0.3 is 11.9 Å². The lowest BCUT2D eigenvalue weighted by molar-refractivity contribution is -0.384. The van der Waals surface area contributed by atoms with Gasteiger partial charge in [-0.05, 0) is 68.0 Å². The average Bonchev–Trinajstić information content (AvgIpc) is 3.04. The fourth-order valence-corrected chi connectivity index (χ4v) is 5.59. The largest absolute Gasteiger partial charge is 0.465 e. The Bertz CT molecular complexity index is 1660. The number of carbonyl (C=O) groups excluding carboxylic acids is 2. The third-order valence-electron chi connectivity index (χ3n) is 7.78. The SMILES string of the molecule is CCOC(=O)C1C(C)=NC(C)=C(C(=O)OCC(C)COCC(C)=Cc2ccc(Cc3cccnc3)cc2)C1c1cccc([N+](=O)[O-])c1. The number of ether oxygens (including phenoxy) is 3. The van der Waals surface area contributed by atoms with Crippen molar-refractivity contribution in [3.05, 3.63) is 122 Å². The van der Waals surface area contributed by atoms with E-state index in [9.17, 15) is 19.7 Å². The van der Waals surface area contributed by atoms with Crippen molar-refractivity contribution in [3.8, 4) is 0 Å². The number of nitro groups is 1. The topological polar surface area (TPSA) is 130 Å². The van der Waals surface area contributed by atoms with Crippen LogP contribution in [0.25, 0.3) is 6.08 Å². The highest BCUT2D eigenvalue weighted by molar-refractivity contribution is 6.07. The molecule has 0 fully saturated rings. The number of pyridine rings is 1. The molecule has 2 heterocycles. The molecule has 1 aromatic heterocycles. The third-order valence-corrected chi connectivity index (χ3v) is 7.78. The molecular formula is C37H41N3O7. The molecule has 246 valence electrons. The van der Waals surface area contributed by atoms with E-state index >= 15 is 0 Å². The number of hydrogen-bond donors (Lipinski definition) is 0. The number of aromatic nitrogens is 1. The number of benzene rings is 2. The summed E-state index contributed by atoms with van der Waals surface area (Å²) < 4.78 is 17.0. The highest BCUT2D eigenvalue weighted by Crippen LogP contribution is 2.41. The van der Waals surface area contributed by atoms with E-state index in [-0.39, 0.29) is 30.4 Å². The number of nitro benzene ring substituents is 1. The maximum absolute atomic E-state index is 13.6. The van der Waals surface area contributed by atoms with Gasteiger partial charge in [-0.2, -0.15) is 0 Å². The molecule has 0 aliphatic carbocycles. The smallest absolute Gasteiger partial charge is 0.336 e. The maximum atomic E-state index is 13.6. The first-order valence-corrected chi connectivity index (χ1v) is 15.6. The van der Waals surface area contributed by atoms with Crippen LogP contribution in [0.15, 0.2) is 94.9 Å². The van der Waals surface area contributed by atoms with E-state index in [1.165, 1.54) is 23.8 Å². The first kappa shape index (κ1) is 34.9. The Hall–Kier alpha value is -4.96. The fourth-order valence-electron chi connectivity index (χ4n) is 5.59. The van der Waals surface area contributed by atoms with E-state index in [1.807, 2.05) is 26.1 Å². The van der Waals surface area contributed by atoms with Crippen molar-refractivity contribution in [3.63, 3.8) is 0 Å². The molecule has 3 aromatic rings. The van der Waals surface area contributed by atoms with Crippen LogP contribution in [0.4, 0.5) is 5.69 Å². The molecular weight excluding hydrogens is 598 g/mol. The standard InChI is InChI=1S/C37H41N3O7/c1-6-46-36(41)33-26(4)39-27(5)34(35(33)31-10-7-11-32(19-31)40(43)44)37(42)47-23-25(3)22-45-21-24(2)17-28-12-14-29(15-13-28)18-30-9-8-16-38-20-30/h7-17,19-20,25,33,35H,6,18,21-23H2,1-5H3. The monoisotopic (exact) mass is 639 g/mol. The molecule has 1 aliphatic heterocycles. The lowest BCUT2D eigenvalue weighted by Gasteiger charge is -2.31. The molecule has 0 saturated carbocycles. The second-order valence-electron chi connectivity index (χ2n) is 11.8. The Morgan fingerprint density at radius 1 is 1.02 bits per heavy atom. The van der Waals surface area contributed by atoms with Crippen LogP contribution in [-0.2, 0) is 30.2 Å². The minimum Gasteiger partial charge on any atom is -0.465 e. The fraction of sp³-hybridized carbons (Fsp3) is 0.351. The number of hydrogen-bond acceptors (Lipinski definition) is 9. The van der Waals surface area contributed by atoms with E-state index in [2.05, 4.69) is 46.4 Å². The highest BCUT2D eigenvalue weighted by Gasteiger charge is 2.42. The zero-order chi connectivity index (χ0) is 33.9. The molecule has 2 aromatic carbocycles. The lowest BCUT2D eigenvalue weighted by atomic mass is 9.75. The number of esters is 2. The number of allylic oxidation sites excluding steroid dienone is 1. The van der Waals surface area contributed by atoms with Gasteiger partial charge in [-0.15, -0.1) is 0 Å². The van der Waals surface area contributed by atoms with Gasteiger partial charge in [0.05, 0.1) is 36.9 Å². The van der Waals surface area contributed by atoms with Gasteiger partial charge in [-0.3, -0.25) is 24.9 Å². The Balaban J connectivity index is 1.36. The minimum absolute atomic E-state index is 0.0746. The van der Waals surface area contributed by atoms with E-state index in [1.54, 1.807) is 33.0 Å². The third kappa shape index (κ3) is 9.52. The van der Waals surface area contributed by atoms with Crippen LogP contribution in [0.5, 0.6) is 0 Å². The number of carbonyl (C=O) groups is 2. The van der Waals surface area contributed by atoms with Crippen molar-refractivity contribution in [1.29, 1.82) is 0 Å². The molecule has 0 radical (unpaired) electrons. The van der Waals surface area contributed by atoms with Gasteiger partial charge in [0.2, 0.25) is 0 Å². The van der Waals surface area contributed by atoms with E-state index < -0.39 is 28.7 Å². The predicted octanol–water partition coefficient (Wildman–Crippen LogP) is 6.89. The van der Waals surface area contributed by atoms with Crippen LogP contribution in [0.1, 0.15) is 62.8 Å². The van der Waals surface area contributed by atoms with Crippen LogP contribution in [0.2, 0.25) is 0 Å². The van der Waals surface area contributed by atoms with Crippen molar-refractivity contribution in [1.82, 2.24) is 4.98 Å². The maximum Gasteiger partial charge on any atom is 0.336 e. The van der Waals surface area contributed by atoms with Crippen molar-refractivity contribution >= 4 is 29.4 Å². The molecule has 10 heteroatoms. The normalized spacial score (nSPS) is 17.1. The van der Waals surface area contributed by atoms with Gasteiger partial charge in [-0.1, -0.05) is 55.5 Å². The van der Waals surface area contributed by atoms with E-state index in [4.69, 9.17) is 14.2 Å². The molecule has 3 atom stereocenters. The molecule has 0 spiro atoms. The van der Waals surface area contributed by atoms with E-state index in [0.717, 1.165) is 23.1 Å². The Morgan fingerprint density at radius 3 is 2.47 bits per heavy atom. The summed E-state index contributed by atoms with van der Waals surface area (Å²) in [6.45, 7) is 9.95. The van der Waals surface area contributed by atoms with Crippen molar-refractivity contribution < 1.29 is 28.7 Å². The highest BCUT2D eigenvalue weighted by atomic mass is 16.6. The summed E-state index contributed by atoms with van der Waals surface area (Å²) in [6, 6.07) is 18.3. The minimum atomic E-state index is -0.934. The molecule has 1 aliphatic rings. The first-order chi connectivity index (χ1) is 22.6. The summed E-state index contributed by atoms with van der Waals surface area (Å²) in [5.41, 5.74) is 5.81. The second-order valence-corrected chi connectivity index (χ2v) is 11.8. The van der Waals surface area contributed by atoms with Crippen molar-refractivity contribution in [2.45, 2.75) is 47.0 Å². The number of rotatable bonds is 14. The van der Waals surface area contributed by atoms with Crippen LogP contribution in [0.3, 0.4) is 0 Å². The zero-order valence-electron chi connectivity index (χ0n) is 27.5. The number of nitrogens with zero attached hydrogens (tertiary/aromatic N) is 3. The van der Waals surface area contributed by atoms with Crippen LogP contribution >= 0.6 is 0 Å². The molecule has 4 rings (SSSR count). The molecule has 0 amide bonds. The van der Waals surface area contributed by atoms with Crippen molar-refractivity contribution in [2.75, 3.05) is 26.4 Å². The summed E-state index contributed by atoms with van der Waals surface area (Å²) in [6.07, 6.45) is 6.55. The Kier molecular flexibility index (Phi) is 12.3. The van der Waals surface area contributed by atoms with Crippen LogP contribution in [-0.4, -0.2) is 54.0 Å². The van der Waals surface area contributed by atoms with Gasteiger partial charge in [0, 0.05) is 47.8 Å². The number of aliphatic imine (C=N–C) groups is 1.